The molecular weight excluding hydrogens is 238 g/mol. The Morgan fingerprint density at radius 2 is 2.16 bits per heavy atom. The minimum atomic E-state index is 0.0909. The van der Waals surface area contributed by atoms with E-state index >= 15 is 0 Å². The van der Waals surface area contributed by atoms with Gasteiger partial charge in [-0.05, 0) is 25.5 Å². The molecule has 2 atom stereocenters. The fourth-order valence-electron chi connectivity index (χ4n) is 3.18. The highest BCUT2D eigenvalue weighted by atomic mass is 16.5. The number of nitrogens with two attached hydrogens (primary N) is 1. The van der Waals surface area contributed by atoms with E-state index in [4.69, 9.17) is 10.5 Å². The van der Waals surface area contributed by atoms with Gasteiger partial charge in [0.2, 0.25) is 5.95 Å². The van der Waals surface area contributed by atoms with E-state index in [1.165, 1.54) is 0 Å². The molecule has 4 nitrogen and oxygen atoms in total. The molecule has 1 heterocycles. The fraction of sp³-hybridized carbons (Fsp3) is 0.533. The van der Waals surface area contributed by atoms with Crippen molar-refractivity contribution in [2.75, 3.05) is 12.3 Å². The molecule has 1 saturated carbocycles. The van der Waals surface area contributed by atoms with Gasteiger partial charge in [0.05, 0.1) is 17.1 Å². The number of hydrogen-bond acceptors (Lipinski definition) is 3. The summed E-state index contributed by atoms with van der Waals surface area (Å²) in [6.07, 6.45) is 1.31. The van der Waals surface area contributed by atoms with Gasteiger partial charge in [0.1, 0.15) is 0 Å². The number of anilines is 1. The van der Waals surface area contributed by atoms with E-state index in [0.29, 0.717) is 18.1 Å². The van der Waals surface area contributed by atoms with Crippen LogP contribution >= 0.6 is 0 Å². The first-order chi connectivity index (χ1) is 9.05. The average Bonchev–Trinajstić information content (AvgIpc) is 2.70. The van der Waals surface area contributed by atoms with Gasteiger partial charge in [-0.2, -0.15) is 0 Å². The second-order valence-corrected chi connectivity index (χ2v) is 5.85. The van der Waals surface area contributed by atoms with Crippen molar-refractivity contribution in [1.29, 1.82) is 0 Å². The van der Waals surface area contributed by atoms with Crippen molar-refractivity contribution in [1.82, 2.24) is 9.55 Å². The molecule has 0 aliphatic heterocycles. The van der Waals surface area contributed by atoms with E-state index in [0.717, 1.165) is 24.1 Å². The normalized spacial score (nSPS) is 25.4. The largest absolute Gasteiger partial charge is 0.378 e. The molecule has 1 fully saturated rings. The fourth-order valence-corrected chi connectivity index (χ4v) is 3.18. The van der Waals surface area contributed by atoms with Gasteiger partial charge in [0, 0.05) is 18.1 Å². The molecule has 1 aliphatic carbocycles. The number of nitrogens with zero attached hydrogens (tertiary/aromatic N) is 2. The van der Waals surface area contributed by atoms with Crippen LogP contribution in [0.3, 0.4) is 0 Å². The molecule has 2 unspecified atom stereocenters. The first-order valence-corrected chi connectivity index (χ1v) is 6.89. The number of hydrogen-bond donors (Lipinski definition) is 1. The first kappa shape index (κ1) is 12.5. The molecule has 0 spiro atoms. The Labute approximate surface area is 113 Å². The van der Waals surface area contributed by atoms with E-state index < -0.39 is 0 Å². The van der Waals surface area contributed by atoms with Crippen LogP contribution in [0.5, 0.6) is 0 Å². The summed E-state index contributed by atoms with van der Waals surface area (Å²) in [6.45, 7) is 7.30. The highest BCUT2D eigenvalue weighted by Gasteiger charge is 2.50. The maximum atomic E-state index is 6.12. The molecule has 1 aliphatic rings. The highest BCUT2D eigenvalue weighted by Crippen LogP contribution is 2.52. The van der Waals surface area contributed by atoms with Crippen molar-refractivity contribution < 1.29 is 4.74 Å². The third-order valence-electron chi connectivity index (χ3n) is 4.43. The van der Waals surface area contributed by atoms with E-state index in [2.05, 4.69) is 29.5 Å². The lowest BCUT2D eigenvalue weighted by Gasteiger charge is -2.52. The van der Waals surface area contributed by atoms with E-state index in [1.54, 1.807) is 0 Å². The Hall–Kier alpha value is -1.55. The SMILES string of the molecule is CCOC1CC(n2c(N)nc3ccccc32)C1(C)C. The monoisotopic (exact) mass is 259 g/mol. The van der Waals surface area contributed by atoms with Crippen molar-refractivity contribution in [3.63, 3.8) is 0 Å². The van der Waals surface area contributed by atoms with Crippen molar-refractivity contribution >= 4 is 17.0 Å². The molecule has 3 rings (SSSR count). The van der Waals surface area contributed by atoms with Crippen molar-refractivity contribution in [2.24, 2.45) is 5.41 Å². The van der Waals surface area contributed by atoms with Crippen LogP contribution in [-0.4, -0.2) is 22.3 Å². The molecular formula is C15H21N3O. The van der Waals surface area contributed by atoms with Gasteiger partial charge >= 0.3 is 0 Å². The Morgan fingerprint density at radius 1 is 1.42 bits per heavy atom. The average molecular weight is 259 g/mol. The number of imidazole rings is 1. The third kappa shape index (κ3) is 1.74. The first-order valence-electron chi connectivity index (χ1n) is 6.89. The quantitative estimate of drug-likeness (QED) is 0.922. The van der Waals surface area contributed by atoms with Crippen LogP contribution in [0.15, 0.2) is 24.3 Å². The molecule has 1 aromatic carbocycles. The summed E-state index contributed by atoms with van der Waals surface area (Å²) in [4.78, 5) is 4.45. The molecule has 19 heavy (non-hydrogen) atoms. The molecule has 1 aromatic heterocycles. The van der Waals surface area contributed by atoms with Crippen LogP contribution in [0.4, 0.5) is 5.95 Å². The Morgan fingerprint density at radius 3 is 2.84 bits per heavy atom. The number of benzene rings is 1. The lowest BCUT2D eigenvalue weighted by molar-refractivity contribution is -0.126. The van der Waals surface area contributed by atoms with Gasteiger partial charge in [0.25, 0.3) is 0 Å². The highest BCUT2D eigenvalue weighted by molar-refractivity contribution is 5.78. The maximum absolute atomic E-state index is 6.12. The number of fused-ring (bicyclic) bond motifs is 1. The maximum Gasteiger partial charge on any atom is 0.201 e. The van der Waals surface area contributed by atoms with Gasteiger partial charge in [-0.15, -0.1) is 0 Å². The van der Waals surface area contributed by atoms with Gasteiger partial charge in [-0.1, -0.05) is 26.0 Å². The van der Waals surface area contributed by atoms with Crippen LogP contribution in [-0.2, 0) is 4.74 Å². The topological polar surface area (TPSA) is 53.1 Å². The van der Waals surface area contributed by atoms with Gasteiger partial charge < -0.3 is 15.0 Å². The summed E-state index contributed by atoms with van der Waals surface area (Å²) < 4.78 is 7.97. The van der Waals surface area contributed by atoms with Gasteiger partial charge in [-0.3, -0.25) is 0 Å². The molecule has 0 saturated heterocycles. The van der Waals surface area contributed by atoms with Crippen LogP contribution in [0.1, 0.15) is 33.2 Å². The van der Waals surface area contributed by atoms with Crippen LogP contribution in [0.25, 0.3) is 11.0 Å². The number of ether oxygens (including phenoxy) is 1. The summed E-state index contributed by atoms with van der Waals surface area (Å²) in [5.41, 5.74) is 8.29. The van der Waals surface area contributed by atoms with E-state index in [9.17, 15) is 0 Å². The Kier molecular flexibility index (Phi) is 2.78. The third-order valence-corrected chi connectivity index (χ3v) is 4.43. The number of nitrogen functional groups attached to an aromatic ring is 1. The van der Waals surface area contributed by atoms with E-state index in [-0.39, 0.29) is 5.41 Å². The minimum absolute atomic E-state index is 0.0909. The summed E-state index contributed by atoms with van der Waals surface area (Å²) in [5, 5.41) is 0. The minimum Gasteiger partial charge on any atom is -0.378 e. The second kappa shape index (κ2) is 4.23. The van der Waals surface area contributed by atoms with Crippen molar-refractivity contribution in [3.05, 3.63) is 24.3 Å². The van der Waals surface area contributed by atoms with E-state index in [1.807, 2.05) is 25.1 Å². The predicted molar refractivity (Wildman–Crippen MR) is 77.0 cm³/mol. The van der Waals surface area contributed by atoms with Crippen molar-refractivity contribution in [2.45, 2.75) is 39.3 Å². The molecule has 2 N–H and O–H groups in total. The lowest BCUT2D eigenvalue weighted by Crippen LogP contribution is -2.51. The zero-order valence-corrected chi connectivity index (χ0v) is 11.8. The summed E-state index contributed by atoms with van der Waals surface area (Å²) >= 11 is 0. The Balaban J connectivity index is 2.00. The molecule has 4 heteroatoms. The molecule has 0 bridgehead atoms. The molecule has 0 radical (unpaired) electrons. The smallest absolute Gasteiger partial charge is 0.201 e. The zero-order valence-electron chi connectivity index (χ0n) is 11.8. The lowest BCUT2D eigenvalue weighted by atomic mass is 9.64. The number of aromatic nitrogens is 2. The Bertz CT molecular complexity index is 602. The molecule has 102 valence electrons. The second-order valence-electron chi connectivity index (χ2n) is 5.85. The standard InChI is InChI=1S/C15H21N3O/c1-4-19-13-9-12(15(13,2)3)18-11-8-6-5-7-10(11)17-14(18)16/h5-8,12-13H,4,9H2,1-3H3,(H2,16,17). The summed E-state index contributed by atoms with van der Waals surface area (Å²) in [7, 11) is 0. The summed E-state index contributed by atoms with van der Waals surface area (Å²) in [5.74, 6) is 0.606. The number of rotatable bonds is 3. The van der Waals surface area contributed by atoms with Crippen LogP contribution in [0, 0.1) is 5.41 Å². The van der Waals surface area contributed by atoms with Gasteiger partial charge in [-0.25, -0.2) is 4.98 Å². The number of para-hydroxylation sites is 2. The van der Waals surface area contributed by atoms with Gasteiger partial charge in [0.15, 0.2) is 0 Å². The molecule has 0 amide bonds. The summed E-state index contributed by atoms with van der Waals surface area (Å²) in [6, 6.07) is 8.48. The molecule has 2 aromatic rings. The zero-order chi connectivity index (χ0) is 13.6. The van der Waals surface area contributed by atoms with Crippen molar-refractivity contribution in [3.8, 4) is 0 Å². The predicted octanol–water partition coefficient (Wildman–Crippen LogP) is 2.99. The van der Waals surface area contributed by atoms with Crippen LogP contribution < -0.4 is 5.73 Å². The van der Waals surface area contributed by atoms with Crippen LogP contribution in [0.2, 0.25) is 0 Å².